The highest BCUT2D eigenvalue weighted by Gasteiger charge is 2.24. The lowest BCUT2D eigenvalue weighted by Gasteiger charge is -2.27. The predicted octanol–water partition coefficient (Wildman–Crippen LogP) is 3.88. The molecule has 1 aromatic carbocycles. The molecule has 1 saturated heterocycles. The number of aliphatic hydroxyl groups excluding tert-OH is 1. The first kappa shape index (κ1) is 12.9. The van der Waals surface area contributed by atoms with Crippen molar-refractivity contribution in [2.24, 2.45) is 0 Å². The van der Waals surface area contributed by atoms with Crippen molar-refractivity contribution in [1.29, 1.82) is 0 Å². The van der Waals surface area contributed by atoms with E-state index in [9.17, 15) is 5.11 Å². The van der Waals surface area contributed by atoms with E-state index in [4.69, 9.17) is 0 Å². The third kappa shape index (κ3) is 2.66. The molecule has 1 aromatic rings. The van der Waals surface area contributed by atoms with Crippen molar-refractivity contribution < 1.29 is 5.11 Å². The van der Waals surface area contributed by atoms with Gasteiger partial charge in [0.25, 0.3) is 0 Å². The van der Waals surface area contributed by atoms with Crippen molar-refractivity contribution in [3.8, 4) is 0 Å². The highest BCUT2D eigenvalue weighted by Crippen LogP contribution is 2.34. The summed E-state index contributed by atoms with van der Waals surface area (Å²) in [5.41, 5.74) is 2.23. The van der Waals surface area contributed by atoms with E-state index >= 15 is 0 Å². The van der Waals surface area contributed by atoms with Gasteiger partial charge >= 0.3 is 0 Å². The van der Waals surface area contributed by atoms with Gasteiger partial charge in [-0.05, 0) is 59.8 Å². The summed E-state index contributed by atoms with van der Waals surface area (Å²) < 4.78 is 1.09. The molecule has 1 unspecified atom stereocenters. The summed E-state index contributed by atoms with van der Waals surface area (Å²) in [7, 11) is 0. The van der Waals surface area contributed by atoms with E-state index in [1.807, 2.05) is 12.1 Å². The Hall–Kier alpha value is -0.540. The van der Waals surface area contributed by atoms with Crippen LogP contribution in [0.4, 0.5) is 5.69 Å². The van der Waals surface area contributed by atoms with E-state index in [2.05, 4.69) is 33.8 Å². The number of hydrogen-bond donors (Lipinski definition) is 1. The van der Waals surface area contributed by atoms with Crippen LogP contribution in [0.15, 0.2) is 22.7 Å². The van der Waals surface area contributed by atoms with Crippen molar-refractivity contribution in [2.45, 2.75) is 45.3 Å². The van der Waals surface area contributed by atoms with Crippen LogP contribution < -0.4 is 4.90 Å². The summed E-state index contributed by atoms with van der Waals surface area (Å²) in [6.07, 6.45) is 3.37. The van der Waals surface area contributed by atoms with Crippen LogP contribution in [-0.2, 0) is 0 Å². The average molecular weight is 298 g/mol. The van der Waals surface area contributed by atoms with Crippen molar-refractivity contribution in [3.05, 3.63) is 28.2 Å². The largest absolute Gasteiger partial charge is 0.389 e. The lowest BCUT2D eigenvalue weighted by atomic mass is 10.1. The first-order valence-electron chi connectivity index (χ1n) is 6.37. The van der Waals surface area contributed by atoms with Gasteiger partial charge in [-0.3, -0.25) is 0 Å². The van der Waals surface area contributed by atoms with Gasteiger partial charge < -0.3 is 10.0 Å². The van der Waals surface area contributed by atoms with Crippen LogP contribution in [0.5, 0.6) is 0 Å². The Bertz CT molecular complexity index is 392. The van der Waals surface area contributed by atoms with Crippen molar-refractivity contribution in [3.63, 3.8) is 0 Å². The van der Waals surface area contributed by atoms with Crippen LogP contribution in [0.2, 0.25) is 0 Å². The first-order valence-corrected chi connectivity index (χ1v) is 7.17. The van der Waals surface area contributed by atoms with Crippen LogP contribution in [0, 0.1) is 0 Å². The van der Waals surface area contributed by atoms with Gasteiger partial charge in [0.2, 0.25) is 0 Å². The van der Waals surface area contributed by atoms with Crippen LogP contribution >= 0.6 is 15.9 Å². The second-order valence-corrected chi connectivity index (χ2v) is 5.64. The van der Waals surface area contributed by atoms with Gasteiger partial charge in [-0.15, -0.1) is 0 Å². The number of aliphatic hydroxyl groups is 1. The number of halogens is 1. The lowest BCUT2D eigenvalue weighted by Crippen LogP contribution is -2.28. The Morgan fingerprint density at radius 3 is 2.88 bits per heavy atom. The molecule has 17 heavy (non-hydrogen) atoms. The number of anilines is 1. The molecule has 0 saturated carbocycles. The van der Waals surface area contributed by atoms with E-state index in [1.54, 1.807) is 6.92 Å². The third-order valence-electron chi connectivity index (χ3n) is 3.61. The Balaban J connectivity index is 2.27. The Morgan fingerprint density at radius 1 is 1.53 bits per heavy atom. The smallest absolute Gasteiger partial charge is 0.0762 e. The van der Waals surface area contributed by atoms with Crippen LogP contribution in [0.3, 0.4) is 0 Å². The fourth-order valence-electron chi connectivity index (χ4n) is 2.59. The second kappa shape index (κ2) is 5.40. The molecule has 0 bridgehead atoms. The lowest BCUT2D eigenvalue weighted by molar-refractivity contribution is 0.199. The molecule has 94 valence electrons. The van der Waals surface area contributed by atoms with E-state index in [0.717, 1.165) is 16.6 Å². The predicted molar refractivity (Wildman–Crippen MR) is 75.4 cm³/mol. The van der Waals surface area contributed by atoms with Crippen LogP contribution in [0.1, 0.15) is 44.8 Å². The van der Waals surface area contributed by atoms with Gasteiger partial charge in [0.1, 0.15) is 0 Å². The summed E-state index contributed by atoms with van der Waals surface area (Å²) >= 11 is 3.63. The molecule has 1 aliphatic heterocycles. The van der Waals surface area contributed by atoms with Gasteiger partial charge in [-0.1, -0.05) is 13.0 Å². The molecular formula is C14H20BrNO. The molecule has 2 atom stereocenters. The summed E-state index contributed by atoms with van der Waals surface area (Å²) in [6, 6.07) is 6.85. The molecule has 1 N–H and O–H groups in total. The minimum Gasteiger partial charge on any atom is -0.389 e. The van der Waals surface area contributed by atoms with Gasteiger partial charge in [0.05, 0.1) is 11.8 Å². The monoisotopic (exact) mass is 297 g/mol. The summed E-state index contributed by atoms with van der Waals surface area (Å²) in [5.74, 6) is 0. The molecule has 1 heterocycles. The van der Waals surface area contributed by atoms with E-state index in [1.165, 1.54) is 24.9 Å². The first-order chi connectivity index (χ1) is 8.13. The summed E-state index contributed by atoms with van der Waals surface area (Å²) in [6.45, 7) is 5.19. The molecular weight excluding hydrogens is 278 g/mol. The number of rotatable bonds is 3. The zero-order chi connectivity index (χ0) is 12.4. The van der Waals surface area contributed by atoms with Gasteiger partial charge in [0.15, 0.2) is 0 Å². The topological polar surface area (TPSA) is 23.5 Å². The average Bonchev–Trinajstić information content (AvgIpc) is 2.76. The van der Waals surface area contributed by atoms with Gasteiger partial charge in [0, 0.05) is 17.1 Å². The Labute approximate surface area is 112 Å². The normalized spacial score (nSPS) is 21.9. The maximum Gasteiger partial charge on any atom is 0.0762 e. The number of nitrogens with zero attached hydrogens (tertiary/aromatic N) is 1. The minimum absolute atomic E-state index is 0.402. The fraction of sp³-hybridized carbons (Fsp3) is 0.571. The van der Waals surface area contributed by atoms with E-state index in [-0.39, 0.29) is 0 Å². The van der Waals surface area contributed by atoms with Crippen LogP contribution in [0.25, 0.3) is 0 Å². The Kier molecular flexibility index (Phi) is 4.10. The summed E-state index contributed by atoms with van der Waals surface area (Å²) in [4.78, 5) is 2.48. The zero-order valence-electron chi connectivity index (χ0n) is 10.5. The molecule has 1 aliphatic rings. The zero-order valence-corrected chi connectivity index (χ0v) is 12.1. The molecule has 0 spiro atoms. The standard InChI is InChI=1S/C14H20BrNO/c1-3-12-5-4-8-16(12)14-7-6-11(10(2)17)9-13(14)15/h6-7,9-10,12,17H,3-5,8H2,1-2H3/t10-,12?/m0/s1. The fourth-order valence-corrected chi connectivity index (χ4v) is 3.22. The van der Waals surface area contributed by atoms with Crippen molar-refractivity contribution in [2.75, 3.05) is 11.4 Å². The molecule has 2 nitrogen and oxygen atoms in total. The van der Waals surface area contributed by atoms with Crippen LogP contribution in [-0.4, -0.2) is 17.7 Å². The molecule has 1 fully saturated rings. The highest BCUT2D eigenvalue weighted by atomic mass is 79.9. The van der Waals surface area contributed by atoms with Crippen molar-refractivity contribution >= 4 is 21.6 Å². The summed E-state index contributed by atoms with van der Waals surface area (Å²) in [5, 5.41) is 9.57. The van der Waals surface area contributed by atoms with E-state index in [0.29, 0.717) is 6.04 Å². The molecule has 2 rings (SSSR count). The van der Waals surface area contributed by atoms with Gasteiger partial charge in [-0.2, -0.15) is 0 Å². The van der Waals surface area contributed by atoms with Gasteiger partial charge in [-0.25, -0.2) is 0 Å². The SMILES string of the molecule is CCC1CCCN1c1ccc([C@H](C)O)cc1Br. The molecule has 0 radical (unpaired) electrons. The maximum absolute atomic E-state index is 9.57. The molecule has 0 aromatic heterocycles. The molecule has 0 aliphatic carbocycles. The minimum atomic E-state index is -0.402. The maximum atomic E-state index is 9.57. The quantitative estimate of drug-likeness (QED) is 0.915. The number of hydrogen-bond acceptors (Lipinski definition) is 2. The highest BCUT2D eigenvalue weighted by molar-refractivity contribution is 9.10. The second-order valence-electron chi connectivity index (χ2n) is 4.78. The Morgan fingerprint density at radius 2 is 2.29 bits per heavy atom. The molecule has 3 heteroatoms. The molecule has 0 amide bonds. The van der Waals surface area contributed by atoms with Crippen molar-refractivity contribution in [1.82, 2.24) is 0 Å². The van der Waals surface area contributed by atoms with E-state index < -0.39 is 6.10 Å². The third-order valence-corrected chi connectivity index (χ3v) is 4.25. The number of benzene rings is 1.